The van der Waals surface area contributed by atoms with E-state index < -0.39 is 5.60 Å². The lowest BCUT2D eigenvalue weighted by Crippen LogP contribution is -2.47. The lowest BCUT2D eigenvalue weighted by Gasteiger charge is -2.35. The van der Waals surface area contributed by atoms with Crippen molar-refractivity contribution in [3.63, 3.8) is 0 Å². The van der Waals surface area contributed by atoms with Crippen molar-refractivity contribution in [2.24, 2.45) is 0 Å². The average Bonchev–Trinajstić information content (AvgIpc) is 2.72. The Bertz CT molecular complexity index is 363. The summed E-state index contributed by atoms with van der Waals surface area (Å²) >= 11 is 0. The number of piperidine rings is 1. The fourth-order valence-electron chi connectivity index (χ4n) is 2.93. The molecule has 0 unspecified atom stereocenters. The SMILES string of the molecule is O=C1C=C[C@@]2(CC(=O)N3CCCC[C@H]32)O1. The van der Waals surface area contributed by atoms with Crippen LogP contribution in [-0.4, -0.2) is 35.0 Å². The molecule has 2 saturated heterocycles. The predicted molar refractivity (Wildman–Crippen MR) is 51.9 cm³/mol. The number of hydrogen-bond acceptors (Lipinski definition) is 3. The highest BCUT2D eigenvalue weighted by Crippen LogP contribution is 2.41. The first-order valence-corrected chi connectivity index (χ1v) is 5.43. The van der Waals surface area contributed by atoms with E-state index in [-0.39, 0.29) is 17.9 Å². The van der Waals surface area contributed by atoms with Gasteiger partial charge < -0.3 is 9.64 Å². The summed E-state index contributed by atoms with van der Waals surface area (Å²) in [5.41, 5.74) is -0.630. The zero-order valence-electron chi connectivity index (χ0n) is 8.44. The zero-order valence-corrected chi connectivity index (χ0v) is 8.44. The van der Waals surface area contributed by atoms with Gasteiger partial charge in [-0.15, -0.1) is 0 Å². The van der Waals surface area contributed by atoms with Gasteiger partial charge in [0.05, 0.1) is 12.5 Å². The summed E-state index contributed by atoms with van der Waals surface area (Å²) in [5, 5.41) is 0. The molecule has 0 aliphatic carbocycles. The minimum atomic E-state index is -0.630. The molecule has 0 saturated carbocycles. The maximum atomic E-state index is 11.8. The van der Waals surface area contributed by atoms with Gasteiger partial charge in [0.25, 0.3) is 0 Å². The predicted octanol–water partition coefficient (Wildman–Crippen LogP) is 0.623. The fraction of sp³-hybridized carbons (Fsp3) is 0.636. The minimum absolute atomic E-state index is 0.0847. The monoisotopic (exact) mass is 207 g/mol. The third-order valence-corrected chi connectivity index (χ3v) is 3.61. The van der Waals surface area contributed by atoms with Gasteiger partial charge in [0, 0.05) is 12.6 Å². The van der Waals surface area contributed by atoms with E-state index in [0.717, 1.165) is 25.8 Å². The molecule has 0 aromatic carbocycles. The van der Waals surface area contributed by atoms with Crippen LogP contribution in [0.25, 0.3) is 0 Å². The van der Waals surface area contributed by atoms with E-state index in [1.165, 1.54) is 6.08 Å². The summed E-state index contributed by atoms with van der Waals surface area (Å²) in [6, 6.07) is 0.0847. The number of carbonyl (C=O) groups is 2. The van der Waals surface area contributed by atoms with Crippen molar-refractivity contribution in [1.82, 2.24) is 4.90 Å². The molecule has 3 aliphatic heterocycles. The van der Waals surface area contributed by atoms with Crippen LogP contribution < -0.4 is 0 Å². The molecule has 3 heterocycles. The van der Waals surface area contributed by atoms with Crippen molar-refractivity contribution in [2.45, 2.75) is 37.3 Å². The molecule has 1 amide bonds. The Labute approximate surface area is 87.9 Å². The maximum absolute atomic E-state index is 11.8. The first-order valence-electron chi connectivity index (χ1n) is 5.43. The highest BCUT2D eigenvalue weighted by Gasteiger charge is 2.55. The molecule has 4 heteroatoms. The van der Waals surface area contributed by atoms with Gasteiger partial charge in [0.15, 0.2) is 5.60 Å². The Morgan fingerprint density at radius 3 is 3.00 bits per heavy atom. The molecule has 0 aromatic rings. The summed E-state index contributed by atoms with van der Waals surface area (Å²) in [7, 11) is 0. The van der Waals surface area contributed by atoms with Crippen molar-refractivity contribution in [3.8, 4) is 0 Å². The summed E-state index contributed by atoms with van der Waals surface area (Å²) in [4.78, 5) is 24.8. The molecule has 0 aromatic heterocycles. The minimum Gasteiger partial charge on any atom is -0.449 e. The summed E-state index contributed by atoms with van der Waals surface area (Å²) in [5.74, 6) is -0.186. The van der Waals surface area contributed by atoms with Gasteiger partial charge in [0.1, 0.15) is 0 Å². The molecule has 4 nitrogen and oxygen atoms in total. The van der Waals surface area contributed by atoms with Crippen molar-refractivity contribution in [1.29, 1.82) is 0 Å². The molecular formula is C11H13NO3. The number of carbonyl (C=O) groups excluding carboxylic acids is 2. The molecule has 15 heavy (non-hydrogen) atoms. The topological polar surface area (TPSA) is 46.6 Å². The van der Waals surface area contributed by atoms with E-state index in [0.29, 0.717) is 6.42 Å². The van der Waals surface area contributed by atoms with E-state index in [2.05, 4.69) is 0 Å². The second-order valence-corrected chi connectivity index (χ2v) is 4.48. The second-order valence-electron chi connectivity index (χ2n) is 4.48. The third kappa shape index (κ3) is 1.14. The molecule has 0 radical (unpaired) electrons. The normalized spacial score (nSPS) is 38.7. The number of amides is 1. The molecular weight excluding hydrogens is 194 g/mol. The molecule has 2 fully saturated rings. The van der Waals surface area contributed by atoms with Gasteiger partial charge in [-0.3, -0.25) is 4.79 Å². The average molecular weight is 207 g/mol. The fourth-order valence-corrected chi connectivity index (χ4v) is 2.93. The smallest absolute Gasteiger partial charge is 0.331 e. The van der Waals surface area contributed by atoms with E-state index >= 15 is 0 Å². The van der Waals surface area contributed by atoms with E-state index in [1.54, 1.807) is 6.08 Å². The quantitative estimate of drug-likeness (QED) is 0.547. The van der Waals surface area contributed by atoms with Crippen molar-refractivity contribution in [2.75, 3.05) is 6.54 Å². The molecule has 2 atom stereocenters. The van der Waals surface area contributed by atoms with E-state index in [4.69, 9.17) is 4.74 Å². The molecule has 0 N–H and O–H groups in total. The van der Waals surface area contributed by atoms with Crippen LogP contribution in [0.2, 0.25) is 0 Å². The van der Waals surface area contributed by atoms with E-state index in [9.17, 15) is 9.59 Å². The number of esters is 1. The highest BCUT2D eigenvalue weighted by atomic mass is 16.6. The van der Waals surface area contributed by atoms with Gasteiger partial charge in [-0.1, -0.05) is 0 Å². The van der Waals surface area contributed by atoms with E-state index in [1.807, 2.05) is 4.90 Å². The van der Waals surface area contributed by atoms with Crippen LogP contribution >= 0.6 is 0 Å². The molecule has 1 spiro atoms. The number of ether oxygens (including phenoxy) is 1. The second kappa shape index (κ2) is 2.84. The molecule has 3 aliphatic rings. The summed E-state index contributed by atoms with van der Waals surface area (Å²) < 4.78 is 5.34. The Balaban J connectivity index is 1.95. The van der Waals surface area contributed by atoms with Crippen LogP contribution in [0.5, 0.6) is 0 Å². The number of hydrogen-bond donors (Lipinski definition) is 0. The van der Waals surface area contributed by atoms with Crippen LogP contribution in [0.3, 0.4) is 0 Å². The van der Waals surface area contributed by atoms with Crippen LogP contribution in [0.4, 0.5) is 0 Å². The summed E-state index contributed by atoms with van der Waals surface area (Å²) in [6.07, 6.45) is 6.69. The largest absolute Gasteiger partial charge is 0.449 e. The number of fused-ring (bicyclic) bond motifs is 2. The van der Waals surface area contributed by atoms with Crippen LogP contribution in [0.1, 0.15) is 25.7 Å². The Morgan fingerprint density at radius 2 is 2.27 bits per heavy atom. The lowest BCUT2D eigenvalue weighted by atomic mass is 9.89. The molecule has 80 valence electrons. The van der Waals surface area contributed by atoms with Gasteiger partial charge in [-0.2, -0.15) is 0 Å². The van der Waals surface area contributed by atoms with Gasteiger partial charge in [0.2, 0.25) is 5.91 Å². The number of rotatable bonds is 0. The Morgan fingerprint density at radius 1 is 1.40 bits per heavy atom. The molecule has 0 bridgehead atoms. The van der Waals surface area contributed by atoms with Crippen molar-refractivity contribution >= 4 is 11.9 Å². The van der Waals surface area contributed by atoms with Crippen LogP contribution in [0.15, 0.2) is 12.2 Å². The van der Waals surface area contributed by atoms with Gasteiger partial charge in [-0.05, 0) is 25.3 Å². The van der Waals surface area contributed by atoms with Crippen LogP contribution in [0, 0.1) is 0 Å². The first kappa shape index (κ1) is 8.95. The third-order valence-electron chi connectivity index (χ3n) is 3.61. The standard InChI is InChI=1S/C11H13NO3/c13-9-7-11(5-4-10(14)15-11)8-3-1-2-6-12(8)9/h4-5,8H,1-3,6-7H2/t8-,11-/m0/s1. The number of nitrogens with zero attached hydrogens (tertiary/aromatic N) is 1. The first-order chi connectivity index (χ1) is 7.21. The van der Waals surface area contributed by atoms with Crippen molar-refractivity contribution < 1.29 is 14.3 Å². The summed E-state index contributed by atoms with van der Waals surface area (Å²) in [6.45, 7) is 0.816. The highest BCUT2D eigenvalue weighted by molar-refractivity contribution is 5.89. The van der Waals surface area contributed by atoms with Crippen LogP contribution in [-0.2, 0) is 14.3 Å². The zero-order chi connectivity index (χ0) is 10.5. The van der Waals surface area contributed by atoms with Gasteiger partial charge in [-0.25, -0.2) is 4.79 Å². The Kier molecular flexibility index (Phi) is 1.69. The molecule has 3 rings (SSSR count). The Hall–Kier alpha value is -1.32. The van der Waals surface area contributed by atoms with Crippen molar-refractivity contribution in [3.05, 3.63) is 12.2 Å². The lowest BCUT2D eigenvalue weighted by molar-refractivity contribution is -0.147. The van der Waals surface area contributed by atoms with Gasteiger partial charge >= 0.3 is 5.97 Å². The maximum Gasteiger partial charge on any atom is 0.331 e.